The fourth-order valence-electron chi connectivity index (χ4n) is 2.00. The second-order valence-corrected chi connectivity index (χ2v) is 5.51. The van der Waals surface area contributed by atoms with E-state index in [1.165, 1.54) is 23.1 Å². The minimum Gasteiger partial charge on any atom is -0.337 e. The summed E-state index contributed by atoms with van der Waals surface area (Å²) in [5, 5.41) is 11.8. The average molecular weight is 339 g/mol. The summed E-state index contributed by atoms with van der Waals surface area (Å²) in [4.78, 5) is 24.3. The molecule has 0 aliphatic rings. The smallest absolute Gasteiger partial charge is 0.282 e. The van der Waals surface area contributed by atoms with E-state index in [1.54, 1.807) is 31.3 Å². The van der Waals surface area contributed by atoms with Crippen molar-refractivity contribution in [3.63, 3.8) is 0 Å². The molecule has 0 spiro atoms. The van der Waals surface area contributed by atoms with Crippen LogP contribution in [0, 0.1) is 10.1 Å². The SMILES string of the molecule is CN(Cc1ccccc1Cl)C(=O)c1cc(Cl)ccc1[N+](=O)[O-]. The first-order valence-corrected chi connectivity index (χ1v) is 7.08. The largest absolute Gasteiger partial charge is 0.337 e. The fraction of sp³-hybridized carbons (Fsp3) is 0.133. The van der Waals surface area contributed by atoms with E-state index in [2.05, 4.69) is 0 Å². The van der Waals surface area contributed by atoms with Gasteiger partial charge < -0.3 is 4.90 Å². The van der Waals surface area contributed by atoms with Gasteiger partial charge in [-0.15, -0.1) is 0 Å². The van der Waals surface area contributed by atoms with Gasteiger partial charge in [0.1, 0.15) is 5.56 Å². The third-order valence-electron chi connectivity index (χ3n) is 3.10. The molecule has 0 fully saturated rings. The van der Waals surface area contributed by atoms with E-state index in [4.69, 9.17) is 23.2 Å². The minimum atomic E-state index is -0.604. The predicted molar refractivity (Wildman–Crippen MR) is 85.4 cm³/mol. The lowest BCUT2D eigenvalue weighted by molar-refractivity contribution is -0.385. The number of hydrogen-bond acceptors (Lipinski definition) is 3. The van der Waals surface area contributed by atoms with Gasteiger partial charge in [0.05, 0.1) is 4.92 Å². The van der Waals surface area contributed by atoms with Crippen LogP contribution in [-0.4, -0.2) is 22.8 Å². The Kier molecular flexibility index (Phi) is 5.00. The van der Waals surface area contributed by atoms with Crippen LogP contribution in [0.4, 0.5) is 5.69 Å². The van der Waals surface area contributed by atoms with Crippen molar-refractivity contribution in [1.82, 2.24) is 4.90 Å². The maximum absolute atomic E-state index is 12.5. The summed E-state index contributed by atoms with van der Waals surface area (Å²) in [7, 11) is 1.55. The molecule has 0 N–H and O–H groups in total. The van der Waals surface area contributed by atoms with E-state index < -0.39 is 10.8 Å². The van der Waals surface area contributed by atoms with Crippen molar-refractivity contribution < 1.29 is 9.72 Å². The molecule has 0 radical (unpaired) electrons. The molecular formula is C15H12Cl2N2O3. The van der Waals surface area contributed by atoms with Crippen LogP contribution in [-0.2, 0) is 6.54 Å². The highest BCUT2D eigenvalue weighted by atomic mass is 35.5. The summed E-state index contributed by atoms with van der Waals surface area (Å²) < 4.78 is 0. The Hall–Kier alpha value is -2.11. The topological polar surface area (TPSA) is 63.5 Å². The molecular weight excluding hydrogens is 327 g/mol. The van der Waals surface area contributed by atoms with Gasteiger partial charge in [-0.1, -0.05) is 41.4 Å². The molecule has 0 saturated carbocycles. The summed E-state index contributed by atoms with van der Waals surface area (Å²) >= 11 is 11.9. The minimum absolute atomic E-state index is 0.0490. The van der Waals surface area contributed by atoms with Crippen LogP contribution in [0.15, 0.2) is 42.5 Å². The number of nitro benzene ring substituents is 1. The highest BCUT2D eigenvalue weighted by Crippen LogP contribution is 2.25. The van der Waals surface area contributed by atoms with Gasteiger partial charge in [-0.3, -0.25) is 14.9 Å². The van der Waals surface area contributed by atoms with Crippen LogP contribution in [0.1, 0.15) is 15.9 Å². The van der Waals surface area contributed by atoms with E-state index in [0.717, 1.165) is 5.56 Å². The Morgan fingerprint density at radius 1 is 1.23 bits per heavy atom. The Morgan fingerprint density at radius 2 is 1.91 bits per heavy atom. The van der Waals surface area contributed by atoms with Gasteiger partial charge in [0, 0.05) is 29.7 Å². The fourth-order valence-corrected chi connectivity index (χ4v) is 2.37. The first-order valence-electron chi connectivity index (χ1n) is 6.33. The van der Waals surface area contributed by atoms with Crippen LogP contribution >= 0.6 is 23.2 Å². The Balaban J connectivity index is 2.30. The number of hydrogen-bond donors (Lipinski definition) is 0. The zero-order valence-electron chi connectivity index (χ0n) is 11.6. The van der Waals surface area contributed by atoms with Crippen molar-refractivity contribution in [2.75, 3.05) is 7.05 Å². The van der Waals surface area contributed by atoms with Crippen molar-refractivity contribution >= 4 is 34.8 Å². The van der Waals surface area contributed by atoms with Crippen molar-refractivity contribution in [3.8, 4) is 0 Å². The van der Waals surface area contributed by atoms with Crippen molar-refractivity contribution in [2.24, 2.45) is 0 Å². The molecule has 0 aliphatic carbocycles. The van der Waals surface area contributed by atoms with Crippen molar-refractivity contribution in [2.45, 2.75) is 6.54 Å². The maximum atomic E-state index is 12.5. The molecule has 7 heteroatoms. The third kappa shape index (κ3) is 3.55. The molecule has 0 aliphatic heterocycles. The number of benzene rings is 2. The molecule has 114 valence electrons. The molecule has 2 rings (SSSR count). The lowest BCUT2D eigenvalue weighted by Gasteiger charge is -2.18. The normalized spacial score (nSPS) is 10.3. The lowest BCUT2D eigenvalue weighted by Crippen LogP contribution is -2.27. The lowest BCUT2D eigenvalue weighted by atomic mass is 10.1. The summed E-state index contributed by atoms with van der Waals surface area (Å²) in [6, 6.07) is 11.0. The van der Waals surface area contributed by atoms with Gasteiger partial charge >= 0.3 is 0 Å². The molecule has 0 bridgehead atoms. The van der Waals surface area contributed by atoms with E-state index in [1.807, 2.05) is 0 Å². The molecule has 0 heterocycles. The maximum Gasteiger partial charge on any atom is 0.282 e. The average Bonchev–Trinajstić information content (AvgIpc) is 2.48. The third-order valence-corrected chi connectivity index (χ3v) is 3.70. The molecule has 0 saturated heterocycles. The zero-order chi connectivity index (χ0) is 16.3. The van der Waals surface area contributed by atoms with Crippen molar-refractivity contribution in [1.29, 1.82) is 0 Å². The van der Waals surface area contributed by atoms with Gasteiger partial charge in [-0.2, -0.15) is 0 Å². The van der Waals surface area contributed by atoms with Gasteiger partial charge in [0.2, 0.25) is 0 Å². The second-order valence-electron chi connectivity index (χ2n) is 4.67. The van der Waals surface area contributed by atoms with E-state index >= 15 is 0 Å². The number of carbonyl (C=O) groups is 1. The molecule has 22 heavy (non-hydrogen) atoms. The summed E-state index contributed by atoms with van der Waals surface area (Å²) in [5.41, 5.74) is 0.428. The van der Waals surface area contributed by atoms with E-state index in [-0.39, 0.29) is 22.8 Å². The number of nitrogens with zero attached hydrogens (tertiary/aromatic N) is 2. The first kappa shape index (κ1) is 16.3. The Bertz CT molecular complexity index is 734. The quantitative estimate of drug-likeness (QED) is 0.620. The van der Waals surface area contributed by atoms with Crippen LogP contribution in [0.3, 0.4) is 0 Å². The number of carbonyl (C=O) groups excluding carboxylic acids is 1. The predicted octanol–water partition coefficient (Wildman–Crippen LogP) is 4.17. The highest BCUT2D eigenvalue weighted by molar-refractivity contribution is 6.31. The van der Waals surface area contributed by atoms with Gasteiger partial charge in [-0.05, 0) is 23.8 Å². The number of rotatable bonds is 4. The number of amides is 1. The van der Waals surface area contributed by atoms with Gasteiger partial charge in [-0.25, -0.2) is 0 Å². The molecule has 0 aromatic heterocycles. The van der Waals surface area contributed by atoms with E-state index in [0.29, 0.717) is 5.02 Å². The van der Waals surface area contributed by atoms with Crippen LogP contribution in [0.5, 0.6) is 0 Å². The first-order chi connectivity index (χ1) is 10.4. The van der Waals surface area contributed by atoms with Gasteiger partial charge in [0.15, 0.2) is 0 Å². The van der Waals surface area contributed by atoms with Crippen LogP contribution in [0.25, 0.3) is 0 Å². The molecule has 0 atom stereocenters. The monoisotopic (exact) mass is 338 g/mol. The van der Waals surface area contributed by atoms with E-state index in [9.17, 15) is 14.9 Å². The number of halogens is 2. The Morgan fingerprint density at radius 3 is 2.55 bits per heavy atom. The Labute approximate surface area is 137 Å². The molecule has 0 unspecified atom stereocenters. The molecule has 2 aromatic rings. The van der Waals surface area contributed by atoms with Crippen LogP contribution in [0.2, 0.25) is 10.0 Å². The summed E-state index contributed by atoms with van der Waals surface area (Å²) in [6.45, 7) is 0.238. The standard InChI is InChI=1S/C15H12Cl2N2O3/c1-18(9-10-4-2-3-5-13(10)17)15(20)12-8-11(16)6-7-14(12)19(21)22/h2-8H,9H2,1H3. The molecule has 1 amide bonds. The summed E-state index contributed by atoms with van der Waals surface area (Å²) in [5.74, 6) is -0.492. The van der Waals surface area contributed by atoms with Gasteiger partial charge in [0.25, 0.3) is 11.6 Å². The summed E-state index contributed by atoms with van der Waals surface area (Å²) in [6.07, 6.45) is 0. The van der Waals surface area contributed by atoms with Crippen LogP contribution < -0.4 is 0 Å². The molecule has 5 nitrogen and oxygen atoms in total. The highest BCUT2D eigenvalue weighted by Gasteiger charge is 2.23. The second kappa shape index (κ2) is 6.77. The zero-order valence-corrected chi connectivity index (χ0v) is 13.1. The van der Waals surface area contributed by atoms with Crippen molar-refractivity contribution in [3.05, 3.63) is 73.8 Å². The number of nitro groups is 1. The molecule has 2 aromatic carbocycles.